The van der Waals surface area contributed by atoms with Crippen molar-refractivity contribution in [3.8, 4) is 0 Å². The van der Waals surface area contributed by atoms with Crippen LogP contribution in [0.5, 0.6) is 0 Å². The first kappa shape index (κ1) is 147. The van der Waals surface area contributed by atoms with Crippen molar-refractivity contribution in [1.82, 2.24) is 0 Å². The highest BCUT2D eigenvalue weighted by atomic mass is 16.5. The van der Waals surface area contributed by atoms with Crippen LogP contribution in [0.3, 0.4) is 0 Å². The van der Waals surface area contributed by atoms with Gasteiger partial charge in [0.25, 0.3) is 0 Å². The molecule has 0 saturated heterocycles. The fraction of sp³-hybridized carbons (Fsp3) is 1.00. The van der Waals surface area contributed by atoms with Crippen LogP contribution in [0.15, 0.2) is 0 Å². The van der Waals surface area contributed by atoms with Crippen molar-refractivity contribution >= 4 is 0 Å². The van der Waals surface area contributed by atoms with Crippen LogP contribution in [0.1, 0.15) is 566 Å². The third-order valence-electron chi connectivity index (χ3n) is 30.5. The summed E-state index contributed by atoms with van der Waals surface area (Å²) in [6.45, 7) is 98.0. The number of hydrogen-bond donors (Lipinski definition) is 0. The lowest BCUT2D eigenvalue weighted by molar-refractivity contribution is 0.0784. The molecule has 0 bridgehead atoms. The van der Waals surface area contributed by atoms with Crippen molar-refractivity contribution in [2.75, 3.05) is 81.8 Å². The lowest BCUT2D eigenvalue weighted by Crippen LogP contribution is -2.23. The molecule has 0 aromatic carbocycles. The summed E-state index contributed by atoms with van der Waals surface area (Å²) in [6, 6.07) is 0. The quantitative estimate of drug-likeness (QED) is 0.0605. The molecule has 6 fully saturated rings. The topological polar surface area (TPSA) is 55.4 Å². The molecule has 0 aromatic rings. The Morgan fingerprint density at radius 2 is 0.396 bits per heavy atom. The van der Waals surface area contributed by atoms with E-state index in [-0.39, 0.29) is 0 Å². The van der Waals surface area contributed by atoms with Gasteiger partial charge in [0.15, 0.2) is 0 Å². The smallest absolute Gasteiger partial charge is 0.0509 e. The molecule has 6 saturated carbocycles. The van der Waals surface area contributed by atoms with E-state index in [9.17, 15) is 0 Å². The average molecular weight is 1910 g/mol. The molecule has 6 aliphatic rings. The largest absolute Gasteiger partial charge is 0.384 e. The summed E-state index contributed by atoms with van der Waals surface area (Å²) in [7, 11) is 8.56. The number of methoxy groups -OCH3 is 5. The van der Waals surface area contributed by atoms with Crippen molar-refractivity contribution in [3.05, 3.63) is 0 Å². The van der Waals surface area contributed by atoms with E-state index in [1.165, 1.54) is 289 Å². The van der Waals surface area contributed by atoms with Gasteiger partial charge in [0.2, 0.25) is 0 Å². The molecular formula is C128H270O6. The molecule has 6 rings (SSSR count). The minimum atomic E-state index is 0.519. The Kier molecular flexibility index (Phi) is 111. The molecule has 0 aliphatic heterocycles. The Hall–Kier alpha value is -0.240. The van der Waals surface area contributed by atoms with Gasteiger partial charge in [-0.05, 0) is 242 Å². The molecule has 0 spiro atoms. The van der Waals surface area contributed by atoms with Gasteiger partial charge < -0.3 is 28.4 Å². The highest BCUT2D eigenvalue weighted by molar-refractivity contribution is 4.81. The number of hydrogen-bond acceptors (Lipinski definition) is 6. The molecule has 0 radical (unpaired) electrons. The van der Waals surface area contributed by atoms with Crippen molar-refractivity contribution in [3.63, 3.8) is 0 Å². The molecule has 134 heavy (non-hydrogen) atoms. The maximum atomic E-state index is 5.56. The zero-order valence-corrected chi connectivity index (χ0v) is 102. The zero-order valence-electron chi connectivity index (χ0n) is 102. The van der Waals surface area contributed by atoms with Crippen LogP contribution in [-0.2, 0) is 28.4 Å². The maximum absolute atomic E-state index is 5.56. The second-order valence-electron chi connectivity index (χ2n) is 51.4. The molecule has 0 N–H and O–H groups in total. The highest BCUT2D eigenvalue weighted by Crippen LogP contribution is 2.41. The molecule has 0 aromatic heterocycles. The van der Waals surface area contributed by atoms with E-state index in [0.29, 0.717) is 23.7 Å². The van der Waals surface area contributed by atoms with Gasteiger partial charge >= 0.3 is 0 Å². The monoisotopic (exact) mass is 1900 g/mol. The summed E-state index contributed by atoms with van der Waals surface area (Å²) in [4.78, 5) is 0. The lowest BCUT2D eigenvalue weighted by Gasteiger charge is -2.34. The van der Waals surface area contributed by atoms with Crippen LogP contribution in [0.25, 0.3) is 0 Å². The Morgan fingerprint density at radius 1 is 0.187 bits per heavy atom. The Labute approximate surface area is 854 Å². The SMILES string of the molecule is CC(C)C(C)C(C)CC1CCCCC1.CC(C)CC(C)CC(C)C.CC(C)CC(C)CC(C)C.CC(C)COCC(C)CC(C)C.CC(CC1CCCCC1)C(C)C1CCCCC1.CC(CC1CCCCC1)C(C)C1CCCCC1.CCC(C)C.CCC(C)C.CCC(C)CC(C)C.CCC(C)CC1CCCCC1.COCC(C)CC(C)C.COCC(C)COC.COCC(C)COC. The standard InChI is InChI=1S/2C17H32.C14H28.C11H24O.C11H22.2C10H22.C8H18O.C8H18.2C6H14O2.2C5H12/c2*1-14(13-16-9-5-3-6-10-16)15(2)17-11-7-4-8-12-17;1-11(2)13(4)12(3)10-14-8-6-5-7-9-14;1-9(2)6-11(5)8-12-7-10(3)4;1-3-10(2)9-11-7-5-4-6-8-11;2*1-8(2)6-10(5)7-9(3)4;1-7(2)5-8(3)6-9-4;1-5-8(4)6-7(2)3;2*1-6(4-7-2)5-8-3;2*1-4-5(2)3/h2*14-17H,3-13H2,1-2H3;11-14H,5-10H2,1-4H3;9-11H,6-8H2,1-5H3;10-11H,3-9H2,1-2H3;2*8-10H,6-7H2,1-5H3;7-8H,5-6H2,1-4H3;7-8H,5-6H2,1-4H3;2*6H,4-5H2,1-3H3;2*5H,4H2,1-3H3. The summed E-state index contributed by atoms with van der Waals surface area (Å²) >= 11 is 0. The number of rotatable bonds is 46. The zero-order chi connectivity index (χ0) is 104. The molecule has 0 amide bonds. The van der Waals surface area contributed by atoms with E-state index < -0.39 is 0 Å². The first-order valence-electron chi connectivity index (χ1n) is 60.0. The van der Waals surface area contributed by atoms with E-state index >= 15 is 0 Å². The van der Waals surface area contributed by atoms with Crippen LogP contribution in [0.4, 0.5) is 0 Å². The summed E-state index contributed by atoms with van der Waals surface area (Å²) < 4.78 is 30.1. The molecule has 10 atom stereocenters. The number of ether oxygens (including phenoxy) is 6. The normalized spacial score (nSPS) is 18.4. The van der Waals surface area contributed by atoms with Crippen molar-refractivity contribution < 1.29 is 28.4 Å². The minimum absolute atomic E-state index is 0.519. The van der Waals surface area contributed by atoms with Crippen molar-refractivity contribution in [1.29, 1.82) is 0 Å². The molecule has 818 valence electrons. The van der Waals surface area contributed by atoms with E-state index in [4.69, 9.17) is 28.4 Å². The maximum Gasteiger partial charge on any atom is 0.0509 e. The van der Waals surface area contributed by atoms with Gasteiger partial charge in [-0.25, -0.2) is 0 Å². The third kappa shape index (κ3) is 108. The first-order chi connectivity index (χ1) is 63.0. The van der Waals surface area contributed by atoms with Gasteiger partial charge in [-0.3, -0.25) is 0 Å². The Morgan fingerprint density at radius 3 is 0.604 bits per heavy atom. The van der Waals surface area contributed by atoms with E-state index in [0.717, 1.165) is 206 Å². The highest BCUT2D eigenvalue weighted by Gasteiger charge is 2.30. The molecule has 10 unspecified atom stereocenters. The van der Waals surface area contributed by atoms with E-state index in [2.05, 4.69) is 277 Å². The molecular weight excluding hydrogens is 1630 g/mol. The summed E-state index contributed by atoms with van der Waals surface area (Å²) in [5.74, 6) is 27.6. The predicted octanol–water partition coefficient (Wildman–Crippen LogP) is 42.6. The molecule has 6 nitrogen and oxygen atoms in total. The van der Waals surface area contributed by atoms with Crippen LogP contribution >= 0.6 is 0 Å². The van der Waals surface area contributed by atoms with E-state index in [1.807, 2.05) is 0 Å². The van der Waals surface area contributed by atoms with Crippen LogP contribution in [0.2, 0.25) is 0 Å². The first-order valence-corrected chi connectivity index (χ1v) is 60.0. The summed E-state index contributed by atoms with van der Waals surface area (Å²) in [5.41, 5.74) is 0. The van der Waals surface area contributed by atoms with Crippen LogP contribution in [0, 0.1) is 183 Å². The molecule has 6 heteroatoms. The summed E-state index contributed by atoms with van der Waals surface area (Å²) in [5, 5.41) is 0. The predicted molar refractivity (Wildman–Crippen MR) is 613 cm³/mol. The lowest BCUT2D eigenvalue weighted by atomic mass is 9.72. The van der Waals surface area contributed by atoms with Crippen LogP contribution in [-0.4, -0.2) is 81.8 Å². The average Bonchev–Trinajstić information content (AvgIpc) is 0.824. The minimum Gasteiger partial charge on any atom is -0.384 e. The fourth-order valence-corrected chi connectivity index (χ4v) is 21.7. The van der Waals surface area contributed by atoms with Gasteiger partial charge in [0.05, 0.1) is 26.4 Å². The fourth-order valence-electron chi connectivity index (χ4n) is 21.7. The molecule has 0 heterocycles. The van der Waals surface area contributed by atoms with Crippen LogP contribution < -0.4 is 0 Å². The van der Waals surface area contributed by atoms with Gasteiger partial charge in [-0.2, -0.15) is 0 Å². The Bertz CT molecular complexity index is 2040. The van der Waals surface area contributed by atoms with Gasteiger partial charge in [0, 0.05) is 67.2 Å². The second-order valence-corrected chi connectivity index (χ2v) is 51.4. The van der Waals surface area contributed by atoms with Gasteiger partial charge in [0.1, 0.15) is 0 Å². The second kappa shape index (κ2) is 101. The third-order valence-corrected chi connectivity index (χ3v) is 30.5. The summed E-state index contributed by atoms with van der Waals surface area (Å²) in [6.07, 6.45) is 66.1. The van der Waals surface area contributed by atoms with Crippen molar-refractivity contribution in [2.24, 2.45) is 183 Å². The van der Waals surface area contributed by atoms with E-state index in [1.54, 1.807) is 35.5 Å². The Balaban J connectivity index is -0.000000265. The van der Waals surface area contributed by atoms with Crippen molar-refractivity contribution in [2.45, 2.75) is 566 Å². The van der Waals surface area contributed by atoms with Gasteiger partial charge in [-0.1, -0.05) is 495 Å². The van der Waals surface area contributed by atoms with Gasteiger partial charge in [-0.15, -0.1) is 0 Å². The molecule has 6 aliphatic carbocycles.